The van der Waals surface area contributed by atoms with Gasteiger partial charge in [0, 0.05) is 35.1 Å². The molecular formula is C24H27FN4O. The van der Waals surface area contributed by atoms with Gasteiger partial charge in [0.05, 0.1) is 0 Å². The molecule has 3 aromatic rings. The van der Waals surface area contributed by atoms with Gasteiger partial charge < -0.3 is 10.3 Å². The van der Waals surface area contributed by atoms with Crippen LogP contribution >= 0.6 is 0 Å². The maximum absolute atomic E-state index is 13.3. The molecule has 1 saturated carbocycles. The first-order chi connectivity index (χ1) is 14.6. The maximum atomic E-state index is 13.3. The second kappa shape index (κ2) is 7.85. The van der Waals surface area contributed by atoms with Crippen molar-refractivity contribution in [1.82, 2.24) is 21.2 Å². The van der Waals surface area contributed by atoms with Crippen molar-refractivity contribution in [3.63, 3.8) is 0 Å². The first-order valence-corrected chi connectivity index (χ1v) is 10.8. The molecule has 5 rings (SSSR count). The summed E-state index contributed by atoms with van der Waals surface area (Å²) in [7, 11) is 0. The zero-order valence-corrected chi connectivity index (χ0v) is 17.1. The minimum atomic E-state index is -0.239. The Hall–Kier alpha value is -2.70. The standard InChI is InChI=1S/C24H27FN4O/c1-14-19-12-15(6-11-20(19)27-22(14)16-7-9-17(25)10-8-16)13-26-24(30)23-18-4-2-3-5-21(18)28-29-23/h6-12,18,21,23,27-29H,2-5,13H2,1H3,(H,26,30). The van der Waals surface area contributed by atoms with Crippen molar-refractivity contribution in [3.8, 4) is 11.3 Å². The monoisotopic (exact) mass is 406 g/mol. The minimum absolute atomic E-state index is 0.0646. The van der Waals surface area contributed by atoms with Crippen LogP contribution in [0.1, 0.15) is 36.8 Å². The average molecular weight is 407 g/mol. The molecule has 1 aliphatic carbocycles. The molecule has 1 amide bonds. The molecule has 6 heteroatoms. The number of carbonyl (C=O) groups excluding carboxylic acids is 1. The number of hydrogen-bond donors (Lipinski definition) is 4. The van der Waals surface area contributed by atoms with E-state index in [1.165, 1.54) is 25.0 Å². The van der Waals surface area contributed by atoms with E-state index in [4.69, 9.17) is 0 Å². The number of halogens is 1. The van der Waals surface area contributed by atoms with Crippen molar-refractivity contribution in [2.45, 2.75) is 51.2 Å². The predicted octanol–water partition coefficient (Wildman–Crippen LogP) is 3.93. The molecule has 0 radical (unpaired) electrons. The molecular weight excluding hydrogens is 379 g/mol. The molecule has 1 saturated heterocycles. The van der Waals surface area contributed by atoms with Crippen LogP contribution in [0.4, 0.5) is 4.39 Å². The molecule has 2 fully saturated rings. The van der Waals surface area contributed by atoms with Crippen molar-refractivity contribution in [2.75, 3.05) is 0 Å². The van der Waals surface area contributed by atoms with Gasteiger partial charge in [-0.15, -0.1) is 0 Å². The third-order valence-electron chi connectivity index (χ3n) is 6.68. The Bertz CT molecular complexity index is 1070. The highest BCUT2D eigenvalue weighted by Crippen LogP contribution is 2.31. The van der Waals surface area contributed by atoms with Gasteiger partial charge in [-0.05, 0) is 72.9 Å². The molecule has 3 atom stereocenters. The number of aryl methyl sites for hydroxylation is 1. The van der Waals surface area contributed by atoms with Gasteiger partial charge in [-0.2, -0.15) is 0 Å². The Labute approximate surface area is 175 Å². The van der Waals surface area contributed by atoms with Crippen molar-refractivity contribution in [1.29, 1.82) is 0 Å². The van der Waals surface area contributed by atoms with Gasteiger partial charge in [-0.25, -0.2) is 9.82 Å². The molecule has 2 heterocycles. The Balaban J connectivity index is 1.31. The van der Waals surface area contributed by atoms with Gasteiger partial charge in [0.1, 0.15) is 11.9 Å². The third kappa shape index (κ3) is 3.50. The third-order valence-corrected chi connectivity index (χ3v) is 6.68. The molecule has 1 aliphatic heterocycles. The lowest BCUT2D eigenvalue weighted by Gasteiger charge is -2.26. The Morgan fingerprint density at radius 3 is 2.73 bits per heavy atom. The molecule has 0 bridgehead atoms. The lowest BCUT2D eigenvalue weighted by molar-refractivity contribution is -0.124. The first-order valence-electron chi connectivity index (χ1n) is 10.8. The summed E-state index contributed by atoms with van der Waals surface area (Å²) in [5.41, 5.74) is 11.7. The number of amides is 1. The van der Waals surface area contributed by atoms with E-state index >= 15 is 0 Å². The fourth-order valence-electron chi connectivity index (χ4n) is 4.99. The Morgan fingerprint density at radius 2 is 1.90 bits per heavy atom. The summed E-state index contributed by atoms with van der Waals surface area (Å²) in [5.74, 6) is 0.207. The van der Waals surface area contributed by atoms with E-state index in [-0.39, 0.29) is 17.8 Å². The summed E-state index contributed by atoms with van der Waals surface area (Å²) >= 11 is 0. The highest BCUT2D eigenvalue weighted by atomic mass is 19.1. The van der Waals surface area contributed by atoms with Crippen LogP contribution in [0.15, 0.2) is 42.5 Å². The quantitative estimate of drug-likeness (QED) is 0.531. The summed E-state index contributed by atoms with van der Waals surface area (Å²) in [6.45, 7) is 2.57. The van der Waals surface area contributed by atoms with Gasteiger partial charge in [0.25, 0.3) is 0 Å². The maximum Gasteiger partial charge on any atom is 0.239 e. The van der Waals surface area contributed by atoms with Crippen LogP contribution in [0.5, 0.6) is 0 Å². The van der Waals surface area contributed by atoms with Crippen LogP contribution in [-0.4, -0.2) is 23.0 Å². The second-order valence-corrected chi connectivity index (χ2v) is 8.55. The molecule has 30 heavy (non-hydrogen) atoms. The van der Waals surface area contributed by atoms with Crippen LogP contribution in [0.25, 0.3) is 22.2 Å². The van der Waals surface area contributed by atoms with Crippen LogP contribution < -0.4 is 16.2 Å². The molecule has 4 N–H and O–H groups in total. The molecule has 2 aliphatic rings. The summed E-state index contributed by atoms with van der Waals surface area (Å²) in [6, 6.07) is 13.0. The van der Waals surface area contributed by atoms with E-state index in [2.05, 4.69) is 34.1 Å². The topological polar surface area (TPSA) is 69.0 Å². The first kappa shape index (κ1) is 19.3. The Kier molecular flexibility index (Phi) is 5.05. The van der Waals surface area contributed by atoms with Gasteiger partial charge >= 0.3 is 0 Å². The van der Waals surface area contributed by atoms with Crippen molar-refractivity contribution in [2.24, 2.45) is 5.92 Å². The van der Waals surface area contributed by atoms with Gasteiger partial charge in [-0.1, -0.05) is 18.9 Å². The van der Waals surface area contributed by atoms with Crippen LogP contribution in [0.3, 0.4) is 0 Å². The highest BCUT2D eigenvalue weighted by Gasteiger charge is 2.40. The average Bonchev–Trinajstić information content (AvgIpc) is 3.34. The van der Waals surface area contributed by atoms with E-state index in [1.807, 2.05) is 12.1 Å². The fourth-order valence-corrected chi connectivity index (χ4v) is 4.99. The van der Waals surface area contributed by atoms with E-state index in [1.54, 1.807) is 12.1 Å². The molecule has 156 valence electrons. The minimum Gasteiger partial charge on any atom is -0.354 e. The number of H-pyrrole nitrogens is 1. The van der Waals surface area contributed by atoms with Crippen molar-refractivity contribution >= 4 is 16.8 Å². The number of benzene rings is 2. The lowest BCUT2D eigenvalue weighted by Crippen LogP contribution is -2.45. The van der Waals surface area contributed by atoms with Crippen molar-refractivity contribution in [3.05, 3.63) is 59.4 Å². The molecule has 2 aromatic carbocycles. The number of aromatic amines is 1. The molecule has 1 aromatic heterocycles. The summed E-state index contributed by atoms with van der Waals surface area (Å²) in [5, 5.41) is 4.23. The van der Waals surface area contributed by atoms with E-state index < -0.39 is 0 Å². The zero-order valence-electron chi connectivity index (χ0n) is 17.1. The van der Waals surface area contributed by atoms with Gasteiger partial charge in [-0.3, -0.25) is 10.2 Å². The molecule has 5 nitrogen and oxygen atoms in total. The predicted molar refractivity (Wildman–Crippen MR) is 116 cm³/mol. The zero-order chi connectivity index (χ0) is 20.7. The SMILES string of the molecule is Cc1c(-c2ccc(F)cc2)[nH]c2ccc(CNC(=O)C3NNC4CCCCC43)cc12. The number of nitrogens with one attached hydrogen (secondary N) is 4. The summed E-state index contributed by atoms with van der Waals surface area (Å²) in [6.07, 6.45) is 4.68. The number of hydrogen-bond acceptors (Lipinski definition) is 3. The normalized spacial score (nSPS) is 23.5. The number of aromatic nitrogens is 1. The largest absolute Gasteiger partial charge is 0.354 e. The van der Waals surface area contributed by atoms with Gasteiger partial charge in [0.2, 0.25) is 5.91 Å². The second-order valence-electron chi connectivity index (χ2n) is 8.55. The van der Waals surface area contributed by atoms with E-state index in [0.717, 1.165) is 46.1 Å². The Morgan fingerprint density at radius 1 is 1.10 bits per heavy atom. The van der Waals surface area contributed by atoms with E-state index in [0.29, 0.717) is 18.5 Å². The number of carbonyl (C=O) groups is 1. The van der Waals surface area contributed by atoms with Crippen molar-refractivity contribution < 1.29 is 9.18 Å². The smallest absolute Gasteiger partial charge is 0.239 e. The summed E-state index contributed by atoms with van der Waals surface area (Å²) < 4.78 is 13.3. The highest BCUT2D eigenvalue weighted by molar-refractivity contribution is 5.91. The number of fused-ring (bicyclic) bond motifs is 2. The van der Waals surface area contributed by atoms with Gasteiger partial charge in [0.15, 0.2) is 0 Å². The van der Waals surface area contributed by atoms with Crippen LogP contribution in [0.2, 0.25) is 0 Å². The molecule has 0 spiro atoms. The molecule has 3 unspecified atom stereocenters. The van der Waals surface area contributed by atoms with E-state index in [9.17, 15) is 9.18 Å². The fraction of sp³-hybridized carbons (Fsp3) is 0.375. The van der Waals surface area contributed by atoms with Crippen LogP contribution in [0, 0.1) is 18.7 Å². The lowest BCUT2D eigenvalue weighted by atomic mass is 9.81. The summed E-state index contributed by atoms with van der Waals surface area (Å²) in [4.78, 5) is 16.2. The number of hydrazine groups is 1. The van der Waals surface area contributed by atoms with Crippen LogP contribution in [-0.2, 0) is 11.3 Å². The number of rotatable bonds is 4.